The second kappa shape index (κ2) is 8.36. The van der Waals surface area contributed by atoms with Crippen molar-refractivity contribution in [2.24, 2.45) is 0 Å². The lowest BCUT2D eigenvalue weighted by molar-refractivity contribution is -0.116. The third-order valence-electron chi connectivity index (χ3n) is 4.23. The van der Waals surface area contributed by atoms with Gasteiger partial charge in [0.25, 0.3) is 0 Å². The van der Waals surface area contributed by atoms with Crippen molar-refractivity contribution in [3.63, 3.8) is 0 Å². The van der Waals surface area contributed by atoms with Gasteiger partial charge in [-0.05, 0) is 43.5 Å². The van der Waals surface area contributed by atoms with Gasteiger partial charge in [-0.15, -0.1) is 0 Å². The topological polar surface area (TPSA) is 66.5 Å². The van der Waals surface area contributed by atoms with E-state index in [0.717, 1.165) is 23.1 Å². The zero-order valence-electron chi connectivity index (χ0n) is 15.7. The summed E-state index contributed by atoms with van der Waals surface area (Å²) < 4.78 is 26.1. The molecule has 0 bridgehead atoms. The molecule has 140 valence electrons. The summed E-state index contributed by atoms with van der Waals surface area (Å²) in [7, 11) is -3.49. The Labute approximate surface area is 156 Å². The maximum atomic E-state index is 12.4. The fraction of sp³-hybridized carbons (Fsp3) is 0.350. The van der Waals surface area contributed by atoms with Gasteiger partial charge in [-0.3, -0.25) is 9.10 Å². The van der Waals surface area contributed by atoms with Crippen LogP contribution in [0.1, 0.15) is 30.0 Å². The van der Waals surface area contributed by atoms with Gasteiger partial charge in [-0.1, -0.05) is 42.8 Å². The summed E-state index contributed by atoms with van der Waals surface area (Å²) in [5, 5.41) is 2.81. The lowest BCUT2D eigenvalue weighted by Gasteiger charge is -2.26. The standard InChI is InChI=1S/C20H26N2O3S/c1-5-17-8-6-7-16(3)20(17)22(26(4,24)25)14-13-19(23)21-18-11-9-15(2)10-12-18/h6-12H,5,13-14H2,1-4H3,(H,21,23). The number of sulfonamides is 1. The molecule has 0 saturated heterocycles. The Morgan fingerprint density at radius 1 is 1.08 bits per heavy atom. The van der Waals surface area contributed by atoms with E-state index in [4.69, 9.17) is 0 Å². The van der Waals surface area contributed by atoms with Crippen molar-refractivity contribution in [3.8, 4) is 0 Å². The fourth-order valence-corrected chi connectivity index (χ4v) is 3.88. The molecule has 0 spiro atoms. The molecule has 26 heavy (non-hydrogen) atoms. The number of carbonyl (C=O) groups is 1. The molecule has 0 aromatic heterocycles. The zero-order valence-corrected chi connectivity index (χ0v) is 16.6. The van der Waals surface area contributed by atoms with Crippen molar-refractivity contribution in [2.45, 2.75) is 33.6 Å². The van der Waals surface area contributed by atoms with Gasteiger partial charge in [-0.2, -0.15) is 0 Å². The average molecular weight is 375 g/mol. The highest BCUT2D eigenvalue weighted by Gasteiger charge is 2.22. The van der Waals surface area contributed by atoms with E-state index < -0.39 is 10.0 Å². The molecule has 5 nitrogen and oxygen atoms in total. The Balaban J connectivity index is 2.17. The first-order chi connectivity index (χ1) is 12.2. The molecule has 0 saturated carbocycles. The van der Waals surface area contributed by atoms with Crippen molar-refractivity contribution in [2.75, 3.05) is 22.4 Å². The highest BCUT2D eigenvalue weighted by atomic mass is 32.2. The monoisotopic (exact) mass is 374 g/mol. The van der Waals surface area contributed by atoms with Crippen LogP contribution in [0, 0.1) is 13.8 Å². The number of para-hydroxylation sites is 1. The van der Waals surface area contributed by atoms with E-state index in [1.807, 2.05) is 63.2 Å². The van der Waals surface area contributed by atoms with Crippen molar-refractivity contribution < 1.29 is 13.2 Å². The van der Waals surface area contributed by atoms with Crippen molar-refractivity contribution in [3.05, 3.63) is 59.2 Å². The number of nitrogens with one attached hydrogen (secondary N) is 1. The summed E-state index contributed by atoms with van der Waals surface area (Å²) in [4.78, 5) is 12.3. The SMILES string of the molecule is CCc1cccc(C)c1N(CCC(=O)Nc1ccc(C)cc1)S(C)(=O)=O. The molecule has 2 aromatic rings. The van der Waals surface area contributed by atoms with Gasteiger partial charge in [0, 0.05) is 18.7 Å². The number of carbonyl (C=O) groups excluding carboxylic acids is 1. The van der Waals surface area contributed by atoms with E-state index in [1.54, 1.807) is 0 Å². The van der Waals surface area contributed by atoms with Crippen molar-refractivity contribution in [1.82, 2.24) is 0 Å². The van der Waals surface area contributed by atoms with E-state index in [0.29, 0.717) is 11.4 Å². The molecule has 1 N–H and O–H groups in total. The van der Waals surface area contributed by atoms with E-state index in [-0.39, 0.29) is 18.9 Å². The number of hydrogen-bond acceptors (Lipinski definition) is 3. The fourth-order valence-electron chi connectivity index (χ4n) is 2.87. The number of benzene rings is 2. The number of aryl methyl sites for hydroxylation is 3. The van der Waals surface area contributed by atoms with Crippen molar-refractivity contribution >= 4 is 27.3 Å². The largest absolute Gasteiger partial charge is 0.326 e. The van der Waals surface area contributed by atoms with Gasteiger partial charge < -0.3 is 5.32 Å². The molecular weight excluding hydrogens is 348 g/mol. The average Bonchev–Trinajstić information content (AvgIpc) is 2.57. The van der Waals surface area contributed by atoms with Crippen LogP contribution in [0.15, 0.2) is 42.5 Å². The molecule has 2 aromatic carbocycles. The number of amides is 1. The summed E-state index contributed by atoms with van der Waals surface area (Å²) in [5.74, 6) is -0.214. The summed E-state index contributed by atoms with van der Waals surface area (Å²) in [6.45, 7) is 5.96. The maximum absolute atomic E-state index is 12.4. The first kappa shape index (κ1) is 20.0. The first-order valence-electron chi connectivity index (χ1n) is 8.65. The molecule has 0 aliphatic heterocycles. The molecule has 0 aliphatic carbocycles. The van der Waals surface area contributed by atoms with Gasteiger partial charge in [0.05, 0.1) is 11.9 Å². The summed E-state index contributed by atoms with van der Waals surface area (Å²) in [6.07, 6.45) is 1.98. The molecule has 0 atom stereocenters. The first-order valence-corrected chi connectivity index (χ1v) is 10.5. The second-order valence-corrected chi connectivity index (χ2v) is 8.34. The summed E-state index contributed by atoms with van der Waals surface area (Å²) in [5.41, 5.74) is 4.33. The zero-order chi connectivity index (χ0) is 19.3. The maximum Gasteiger partial charge on any atom is 0.232 e. The van der Waals surface area contributed by atoms with Crippen LogP contribution in [-0.4, -0.2) is 27.1 Å². The number of hydrogen-bond donors (Lipinski definition) is 1. The minimum atomic E-state index is -3.49. The van der Waals surface area contributed by atoms with E-state index >= 15 is 0 Å². The van der Waals surface area contributed by atoms with Crippen LogP contribution in [0.25, 0.3) is 0 Å². The van der Waals surface area contributed by atoms with Gasteiger partial charge in [0.1, 0.15) is 0 Å². The van der Waals surface area contributed by atoms with E-state index in [9.17, 15) is 13.2 Å². The molecule has 0 aliphatic rings. The van der Waals surface area contributed by atoms with Crippen LogP contribution in [0.4, 0.5) is 11.4 Å². The minimum absolute atomic E-state index is 0.0818. The summed E-state index contributed by atoms with van der Waals surface area (Å²) in [6, 6.07) is 13.2. The number of rotatable bonds is 7. The Kier molecular flexibility index (Phi) is 6.42. The predicted molar refractivity (Wildman–Crippen MR) is 107 cm³/mol. The van der Waals surface area contributed by atoms with Gasteiger partial charge in [-0.25, -0.2) is 8.42 Å². The molecule has 0 radical (unpaired) electrons. The van der Waals surface area contributed by atoms with E-state index in [2.05, 4.69) is 5.32 Å². The summed E-state index contributed by atoms with van der Waals surface area (Å²) >= 11 is 0. The molecule has 0 fully saturated rings. The van der Waals surface area contributed by atoms with Gasteiger partial charge in [0.2, 0.25) is 15.9 Å². The van der Waals surface area contributed by atoms with Crippen LogP contribution in [-0.2, 0) is 21.2 Å². The number of nitrogens with zero attached hydrogens (tertiary/aromatic N) is 1. The van der Waals surface area contributed by atoms with Crippen LogP contribution >= 0.6 is 0 Å². The highest BCUT2D eigenvalue weighted by molar-refractivity contribution is 7.92. The number of anilines is 2. The third kappa shape index (κ3) is 5.08. The Morgan fingerprint density at radius 2 is 1.73 bits per heavy atom. The Hall–Kier alpha value is -2.34. The smallest absolute Gasteiger partial charge is 0.232 e. The predicted octanol–water partition coefficient (Wildman–Crippen LogP) is 3.66. The van der Waals surface area contributed by atoms with Gasteiger partial charge in [0.15, 0.2) is 0 Å². The minimum Gasteiger partial charge on any atom is -0.326 e. The third-order valence-corrected chi connectivity index (χ3v) is 5.40. The molecular formula is C20H26N2O3S. The molecule has 2 rings (SSSR count). The second-order valence-electron chi connectivity index (χ2n) is 6.44. The van der Waals surface area contributed by atoms with Crippen LogP contribution < -0.4 is 9.62 Å². The lowest BCUT2D eigenvalue weighted by Crippen LogP contribution is -2.34. The van der Waals surface area contributed by atoms with Crippen LogP contribution in [0.2, 0.25) is 0 Å². The highest BCUT2D eigenvalue weighted by Crippen LogP contribution is 2.28. The van der Waals surface area contributed by atoms with E-state index in [1.165, 1.54) is 10.6 Å². The molecule has 1 amide bonds. The normalized spacial score (nSPS) is 11.2. The van der Waals surface area contributed by atoms with Gasteiger partial charge >= 0.3 is 0 Å². The Morgan fingerprint density at radius 3 is 2.31 bits per heavy atom. The van der Waals surface area contributed by atoms with Crippen LogP contribution in [0.5, 0.6) is 0 Å². The van der Waals surface area contributed by atoms with Crippen LogP contribution in [0.3, 0.4) is 0 Å². The quantitative estimate of drug-likeness (QED) is 0.804. The molecule has 6 heteroatoms. The Bertz CT molecular complexity index is 874. The molecule has 0 unspecified atom stereocenters. The molecule has 0 heterocycles. The lowest BCUT2D eigenvalue weighted by atomic mass is 10.1. The van der Waals surface area contributed by atoms with Crippen molar-refractivity contribution in [1.29, 1.82) is 0 Å².